The highest BCUT2D eigenvalue weighted by molar-refractivity contribution is 5.96. The Labute approximate surface area is 121 Å². The van der Waals surface area contributed by atoms with E-state index in [2.05, 4.69) is 4.90 Å². The van der Waals surface area contributed by atoms with Crippen molar-refractivity contribution < 1.29 is 9.53 Å². The summed E-state index contributed by atoms with van der Waals surface area (Å²) < 4.78 is 5.24. The summed E-state index contributed by atoms with van der Waals surface area (Å²) in [4.78, 5) is 14.6. The van der Waals surface area contributed by atoms with Gasteiger partial charge in [0.1, 0.15) is 0 Å². The Kier molecular flexibility index (Phi) is 5.74. The molecule has 0 amide bonds. The maximum atomic E-state index is 12.2. The summed E-state index contributed by atoms with van der Waals surface area (Å²) in [5.41, 5.74) is 2.03. The zero-order valence-electron chi connectivity index (χ0n) is 12.6. The number of methoxy groups -OCH3 is 1. The minimum absolute atomic E-state index is 0.249. The molecule has 3 nitrogen and oxygen atoms in total. The molecule has 110 valence electrons. The summed E-state index contributed by atoms with van der Waals surface area (Å²) in [5, 5.41) is 0. The van der Waals surface area contributed by atoms with E-state index in [9.17, 15) is 4.79 Å². The summed E-state index contributed by atoms with van der Waals surface area (Å²) in [6, 6.07) is 7.87. The molecule has 0 bridgehead atoms. The molecule has 1 aromatic carbocycles. The van der Waals surface area contributed by atoms with E-state index in [0.717, 1.165) is 31.8 Å². The zero-order valence-corrected chi connectivity index (χ0v) is 12.6. The Morgan fingerprint density at radius 1 is 1.35 bits per heavy atom. The van der Waals surface area contributed by atoms with Gasteiger partial charge in [-0.3, -0.25) is 4.79 Å². The third-order valence-corrected chi connectivity index (χ3v) is 4.03. The molecule has 0 spiro atoms. The molecule has 0 radical (unpaired) electrons. The van der Waals surface area contributed by atoms with Crippen molar-refractivity contribution in [3.05, 3.63) is 35.4 Å². The van der Waals surface area contributed by atoms with Crippen molar-refractivity contribution in [3.63, 3.8) is 0 Å². The van der Waals surface area contributed by atoms with Crippen LogP contribution >= 0.6 is 0 Å². The molecule has 1 heterocycles. The minimum Gasteiger partial charge on any atom is -0.384 e. The molecule has 2 rings (SSSR count). The number of likely N-dealkylation sites (tertiary alicyclic amines) is 1. The van der Waals surface area contributed by atoms with Gasteiger partial charge >= 0.3 is 0 Å². The summed E-state index contributed by atoms with van der Waals surface area (Å²) >= 11 is 0. The van der Waals surface area contributed by atoms with Crippen LogP contribution in [0.15, 0.2) is 24.3 Å². The van der Waals surface area contributed by atoms with Crippen LogP contribution < -0.4 is 0 Å². The van der Waals surface area contributed by atoms with E-state index < -0.39 is 0 Å². The van der Waals surface area contributed by atoms with Crippen LogP contribution in [-0.4, -0.2) is 44.0 Å². The van der Waals surface area contributed by atoms with E-state index in [4.69, 9.17) is 4.74 Å². The Morgan fingerprint density at radius 2 is 2.10 bits per heavy atom. The number of aryl methyl sites for hydroxylation is 1. The van der Waals surface area contributed by atoms with Gasteiger partial charge < -0.3 is 9.64 Å². The van der Waals surface area contributed by atoms with Crippen LogP contribution in [0.2, 0.25) is 0 Å². The highest BCUT2D eigenvalue weighted by Crippen LogP contribution is 2.17. The fourth-order valence-electron chi connectivity index (χ4n) is 2.87. The van der Waals surface area contributed by atoms with Crippen molar-refractivity contribution in [2.75, 3.05) is 33.4 Å². The molecular formula is C17H25NO2. The Hall–Kier alpha value is -1.19. The lowest BCUT2D eigenvalue weighted by Crippen LogP contribution is -2.38. The first-order chi connectivity index (χ1) is 9.69. The normalized spacial score (nSPS) is 20.0. The van der Waals surface area contributed by atoms with E-state index in [1.54, 1.807) is 7.11 Å². The molecule has 0 N–H and O–H groups in total. The van der Waals surface area contributed by atoms with Crippen LogP contribution in [0.1, 0.15) is 35.2 Å². The maximum absolute atomic E-state index is 12.2. The van der Waals surface area contributed by atoms with Crippen LogP contribution in [0.25, 0.3) is 0 Å². The average molecular weight is 275 g/mol. The fourth-order valence-corrected chi connectivity index (χ4v) is 2.87. The standard InChI is InChI=1S/C17H25NO2/c1-14-5-7-16(8-6-14)17(19)9-11-18-10-3-4-15(12-18)13-20-2/h5-8,15H,3-4,9-13H2,1-2H3/t15-/m1/s1. The Bertz CT molecular complexity index is 425. The Morgan fingerprint density at radius 3 is 2.80 bits per heavy atom. The summed E-state index contributed by atoms with van der Waals surface area (Å²) in [6.07, 6.45) is 3.08. The largest absolute Gasteiger partial charge is 0.384 e. The fraction of sp³-hybridized carbons (Fsp3) is 0.588. The van der Waals surface area contributed by atoms with Gasteiger partial charge in [0.05, 0.1) is 6.61 Å². The third kappa shape index (κ3) is 4.43. The molecule has 3 heteroatoms. The van der Waals surface area contributed by atoms with Gasteiger partial charge in [-0.1, -0.05) is 29.8 Å². The van der Waals surface area contributed by atoms with Gasteiger partial charge in [0.2, 0.25) is 0 Å². The van der Waals surface area contributed by atoms with E-state index in [1.165, 1.54) is 18.4 Å². The Balaban J connectivity index is 1.79. The SMILES string of the molecule is COC[C@@H]1CCCN(CCC(=O)c2ccc(C)cc2)C1. The van der Waals surface area contributed by atoms with E-state index in [1.807, 2.05) is 31.2 Å². The molecule has 0 aliphatic carbocycles. The molecular weight excluding hydrogens is 250 g/mol. The molecule has 1 saturated heterocycles. The van der Waals surface area contributed by atoms with Crippen molar-refractivity contribution in [3.8, 4) is 0 Å². The highest BCUT2D eigenvalue weighted by atomic mass is 16.5. The van der Waals surface area contributed by atoms with Crippen LogP contribution in [0.4, 0.5) is 0 Å². The smallest absolute Gasteiger partial charge is 0.164 e. The molecule has 0 aromatic heterocycles. The second-order valence-corrected chi connectivity index (χ2v) is 5.80. The van der Waals surface area contributed by atoms with Gasteiger partial charge in [0, 0.05) is 32.2 Å². The second kappa shape index (κ2) is 7.55. The zero-order chi connectivity index (χ0) is 14.4. The first kappa shape index (κ1) is 15.2. The monoisotopic (exact) mass is 275 g/mol. The topological polar surface area (TPSA) is 29.5 Å². The molecule has 1 aromatic rings. The summed E-state index contributed by atoms with van der Waals surface area (Å²) in [6.45, 7) is 5.92. The van der Waals surface area contributed by atoms with E-state index >= 15 is 0 Å². The van der Waals surface area contributed by atoms with Crippen molar-refractivity contribution >= 4 is 5.78 Å². The lowest BCUT2D eigenvalue weighted by Gasteiger charge is -2.32. The maximum Gasteiger partial charge on any atom is 0.164 e. The van der Waals surface area contributed by atoms with Crippen molar-refractivity contribution in [1.82, 2.24) is 4.90 Å². The molecule has 1 atom stereocenters. The number of rotatable bonds is 6. The minimum atomic E-state index is 0.249. The number of hydrogen-bond donors (Lipinski definition) is 0. The molecule has 0 unspecified atom stereocenters. The van der Waals surface area contributed by atoms with Crippen LogP contribution in [0, 0.1) is 12.8 Å². The highest BCUT2D eigenvalue weighted by Gasteiger charge is 2.20. The van der Waals surface area contributed by atoms with Crippen molar-refractivity contribution in [1.29, 1.82) is 0 Å². The molecule has 20 heavy (non-hydrogen) atoms. The number of nitrogens with zero attached hydrogens (tertiary/aromatic N) is 1. The number of carbonyl (C=O) groups excluding carboxylic acids is 1. The lowest BCUT2D eigenvalue weighted by molar-refractivity contribution is 0.0831. The van der Waals surface area contributed by atoms with Crippen LogP contribution in [-0.2, 0) is 4.74 Å². The molecule has 1 aliphatic rings. The lowest BCUT2D eigenvalue weighted by atomic mass is 9.98. The van der Waals surface area contributed by atoms with Gasteiger partial charge in [0.15, 0.2) is 5.78 Å². The summed E-state index contributed by atoms with van der Waals surface area (Å²) in [7, 11) is 1.76. The number of hydrogen-bond acceptors (Lipinski definition) is 3. The van der Waals surface area contributed by atoms with Gasteiger partial charge in [-0.15, -0.1) is 0 Å². The summed E-state index contributed by atoms with van der Waals surface area (Å²) in [5.74, 6) is 0.877. The van der Waals surface area contributed by atoms with E-state index in [-0.39, 0.29) is 5.78 Å². The first-order valence-corrected chi connectivity index (χ1v) is 7.50. The van der Waals surface area contributed by atoms with Gasteiger partial charge in [-0.25, -0.2) is 0 Å². The van der Waals surface area contributed by atoms with Crippen molar-refractivity contribution in [2.45, 2.75) is 26.2 Å². The molecule has 0 saturated carbocycles. The number of ether oxygens (including phenoxy) is 1. The molecule has 1 fully saturated rings. The third-order valence-electron chi connectivity index (χ3n) is 4.03. The quantitative estimate of drug-likeness (QED) is 0.748. The molecule has 1 aliphatic heterocycles. The number of carbonyl (C=O) groups is 1. The second-order valence-electron chi connectivity index (χ2n) is 5.80. The van der Waals surface area contributed by atoms with Gasteiger partial charge in [-0.05, 0) is 32.2 Å². The predicted molar refractivity (Wildman–Crippen MR) is 81.2 cm³/mol. The first-order valence-electron chi connectivity index (χ1n) is 7.50. The van der Waals surface area contributed by atoms with E-state index in [0.29, 0.717) is 12.3 Å². The number of piperidine rings is 1. The number of benzene rings is 1. The van der Waals surface area contributed by atoms with Crippen LogP contribution in [0.5, 0.6) is 0 Å². The number of ketones is 1. The van der Waals surface area contributed by atoms with Crippen LogP contribution in [0.3, 0.4) is 0 Å². The van der Waals surface area contributed by atoms with Gasteiger partial charge in [0.25, 0.3) is 0 Å². The average Bonchev–Trinajstić information content (AvgIpc) is 2.46. The predicted octanol–water partition coefficient (Wildman–Crippen LogP) is 2.93. The number of Topliss-reactive ketones (excluding diaryl/α,β-unsaturated/α-hetero) is 1. The van der Waals surface area contributed by atoms with Gasteiger partial charge in [-0.2, -0.15) is 0 Å². The van der Waals surface area contributed by atoms with Crippen molar-refractivity contribution in [2.24, 2.45) is 5.92 Å².